The molecular formula is C60H90N2O6. The highest BCUT2D eigenvalue weighted by Gasteiger charge is 2.61. The minimum Gasteiger partial charge on any atom is -0.462 e. The van der Waals surface area contributed by atoms with Crippen molar-refractivity contribution in [2.75, 3.05) is 13.1 Å². The predicted octanol–water partition coefficient (Wildman–Crippen LogP) is 11.6. The molecule has 4 heterocycles. The van der Waals surface area contributed by atoms with Gasteiger partial charge in [-0.2, -0.15) is 0 Å². The Kier molecular flexibility index (Phi) is 12.3. The number of piperidine rings is 2. The molecule has 0 radical (unpaired) electrons. The molecule has 4 aliphatic heterocycles. The molecule has 1 unspecified atom stereocenters. The summed E-state index contributed by atoms with van der Waals surface area (Å²) in [5.74, 6) is 6.69. The van der Waals surface area contributed by atoms with Crippen molar-refractivity contribution >= 4 is 11.9 Å². The third-order valence-electron chi connectivity index (χ3n) is 22.9. The van der Waals surface area contributed by atoms with Crippen LogP contribution in [-0.4, -0.2) is 82.7 Å². The highest BCUT2D eigenvalue weighted by Crippen LogP contribution is 2.66. The highest BCUT2D eigenvalue weighted by atomic mass is 16.5. The average Bonchev–Trinajstić information content (AvgIpc) is 3.96. The number of aliphatic hydroxyl groups excluding tert-OH is 1. The minimum atomic E-state index is -0.148. The first-order valence-electron chi connectivity index (χ1n) is 28.3. The number of esters is 1. The number of fused-ring (bicyclic) bond motifs is 12. The van der Waals surface area contributed by atoms with Gasteiger partial charge >= 0.3 is 5.97 Å². The number of nitrogens with zero attached hydrogens (tertiary/aromatic N) is 1. The Hall–Kier alpha value is -2.26. The van der Waals surface area contributed by atoms with E-state index in [1.165, 1.54) is 58.3 Å². The summed E-state index contributed by atoms with van der Waals surface area (Å²) in [6.45, 7) is 24.7. The molecule has 20 atom stereocenters. The van der Waals surface area contributed by atoms with E-state index in [0.29, 0.717) is 53.1 Å². The molecule has 4 saturated heterocycles. The van der Waals surface area contributed by atoms with Crippen molar-refractivity contribution in [1.29, 1.82) is 0 Å². The van der Waals surface area contributed by atoms with Gasteiger partial charge in [-0.3, -0.25) is 9.59 Å². The number of rotatable bonds is 1. The largest absolute Gasteiger partial charge is 0.462 e. The van der Waals surface area contributed by atoms with Gasteiger partial charge in [0.15, 0.2) is 0 Å². The maximum Gasteiger partial charge on any atom is 0.302 e. The van der Waals surface area contributed by atoms with Gasteiger partial charge in [-0.25, -0.2) is 0 Å². The number of carbonyl (C=O) groups is 2. The fourth-order valence-corrected chi connectivity index (χ4v) is 19.3. The van der Waals surface area contributed by atoms with Crippen molar-refractivity contribution in [3.8, 4) is 0 Å². The molecule has 8 nitrogen and oxygen atoms in total. The van der Waals surface area contributed by atoms with Gasteiger partial charge in [0.1, 0.15) is 6.10 Å². The number of hydrogen-bond acceptors (Lipinski definition) is 7. The second-order valence-corrected chi connectivity index (χ2v) is 26.6. The number of nitrogens with one attached hydrogen (secondary N) is 1. The maximum atomic E-state index is 12.6. The zero-order valence-corrected chi connectivity index (χ0v) is 44.0. The summed E-state index contributed by atoms with van der Waals surface area (Å²) in [5, 5.41) is 14.1. The van der Waals surface area contributed by atoms with E-state index in [4.69, 9.17) is 14.2 Å². The van der Waals surface area contributed by atoms with Crippen molar-refractivity contribution in [2.24, 2.45) is 70.0 Å². The Morgan fingerprint density at radius 1 is 0.721 bits per heavy atom. The molecule has 0 aromatic carbocycles. The smallest absolute Gasteiger partial charge is 0.302 e. The summed E-state index contributed by atoms with van der Waals surface area (Å²) >= 11 is 0. The monoisotopic (exact) mass is 935 g/mol. The van der Waals surface area contributed by atoms with Gasteiger partial charge in [-0.05, 0) is 188 Å². The molecule has 8 heteroatoms. The van der Waals surface area contributed by atoms with Gasteiger partial charge in [0.2, 0.25) is 5.91 Å². The lowest BCUT2D eigenvalue weighted by Gasteiger charge is -2.49. The normalized spacial score (nSPS) is 50.2. The molecule has 4 saturated carbocycles. The first-order chi connectivity index (χ1) is 32.3. The van der Waals surface area contributed by atoms with E-state index in [0.717, 1.165) is 101 Å². The topological polar surface area (TPSA) is 97.3 Å². The molecule has 68 heavy (non-hydrogen) atoms. The maximum absolute atomic E-state index is 12.6. The fraction of sp³-hybridized carbons (Fsp3) is 0.833. The molecule has 0 aromatic heterocycles. The highest BCUT2D eigenvalue weighted by molar-refractivity contribution is 5.74. The van der Waals surface area contributed by atoms with Gasteiger partial charge in [-0.1, -0.05) is 87.1 Å². The van der Waals surface area contributed by atoms with Crippen LogP contribution in [-0.2, 0) is 23.8 Å². The molecule has 12 aliphatic rings. The molecule has 0 aromatic rings. The molecule has 376 valence electrons. The van der Waals surface area contributed by atoms with Crippen LogP contribution in [0.2, 0.25) is 0 Å². The number of amides is 1. The SMILES string of the molecule is CC(=O)O[C@H]1CC[C@@]2(C)C(=CC[C@H]3[C@@H]4CC[C@@]5(CC(C)=C4C[C@@H]32)O[C@@H]2C[C@H](C)CN(C(C)=O)[C@H]2[C@H]5C)C1.CC1=C2C[C@H]3[C@@H](CC=C4C[C@@H](O)CC[C@@]43C)[C@@H]2CC[C@@]2(C1)OC1C[C@H](C)CN[C@H]1[C@H]2C. The Labute approximate surface area is 410 Å². The molecule has 2 spiro atoms. The van der Waals surface area contributed by atoms with Crippen molar-refractivity contribution in [1.82, 2.24) is 10.2 Å². The van der Waals surface area contributed by atoms with Crippen LogP contribution < -0.4 is 5.32 Å². The first-order valence-corrected chi connectivity index (χ1v) is 28.3. The van der Waals surface area contributed by atoms with E-state index in [1.807, 2.05) is 0 Å². The molecule has 0 bridgehead atoms. The molecular weight excluding hydrogens is 845 g/mol. The minimum absolute atomic E-state index is 0.0534. The average molecular weight is 935 g/mol. The third-order valence-corrected chi connectivity index (χ3v) is 22.9. The Morgan fingerprint density at radius 3 is 1.88 bits per heavy atom. The van der Waals surface area contributed by atoms with Crippen LogP contribution in [0.15, 0.2) is 45.6 Å². The quantitative estimate of drug-likeness (QED) is 0.200. The van der Waals surface area contributed by atoms with E-state index >= 15 is 0 Å². The van der Waals surface area contributed by atoms with Gasteiger partial charge in [0.05, 0.1) is 35.6 Å². The summed E-state index contributed by atoms with van der Waals surface area (Å²) in [5.41, 5.74) is 10.4. The van der Waals surface area contributed by atoms with Crippen molar-refractivity contribution in [3.05, 3.63) is 45.6 Å². The van der Waals surface area contributed by atoms with Crippen LogP contribution >= 0.6 is 0 Å². The number of allylic oxidation sites excluding steroid dienone is 4. The third kappa shape index (κ3) is 7.68. The van der Waals surface area contributed by atoms with Crippen LogP contribution in [0.1, 0.15) is 185 Å². The lowest BCUT2D eigenvalue weighted by Crippen LogP contribution is -2.53. The lowest BCUT2D eigenvalue weighted by molar-refractivity contribution is -0.148. The number of aliphatic hydroxyl groups is 1. The van der Waals surface area contributed by atoms with Crippen LogP contribution in [0.25, 0.3) is 0 Å². The summed E-state index contributed by atoms with van der Waals surface area (Å²) in [4.78, 5) is 26.3. The molecule has 12 rings (SSSR count). The molecule has 1 amide bonds. The van der Waals surface area contributed by atoms with E-state index in [2.05, 4.69) is 77.8 Å². The summed E-state index contributed by atoms with van der Waals surface area (Å²) in [6.07, 6.45) is 26.0. The second-order valence-electron chi connectivity index (χ2n) is 26.6. The van der Waals surface area contributed by atoms with Crippen molar-refractivity contribution < 1.29 is 28.9 Å². The van der Waals surface area contributed by atoms with Crippen molar-refractivity contribution in [2.45, 2.75) is 233 Å². The van der Waals surface area contributed by atoms with Crippen LogP contribution in [0.4, 0.5) is 0 Å². The fourth-order valence-electron chi connectivity index (χ4n) is 19.3. The zero-order valence-electron chi connectivity index (χ0n) is 44.0. The summed E-state index contributed by atoms with van der Waals surface area (Å²) < 4.78 is 19.7. The lowest BCUT2D eigenvalue weighted by atomic mass is 9.56. The molecule has 8 fully saturated rings. The van der Waals surface area contributed by atoms with E-state index < -0.39 is 0 Å². The van der Waals surface area contributed by atoms with Crippen LogP contribution in [0, 0.1) is 70.0 Å². The first kappa shape index (κ1) is 48.0. The van der Waals surface area contributed by atoms with Gasteiger partial charge in [0.25, 0.3) is 0 Å². The number of likely N-dealkylation sites (tertiary alicyclic amines) is 1. The van der Waals surface area contributed by atoms with Gasteiger partial charge in [0, 0.05) is 44.7 Å². The van der Waals surface area contributed by atoms with E-state index in [1.54, 1.807) is 40.4 Å². The molecule has 8 aliphatic carbocycles. The van der Waals surface area contributed by atoms with Crippen LogP contribution in [0.5, 0.6) is 0 Å². The standard InChI is InChI=1S/C32H47NO4.C28H43NO2/c1-18-13-29-30(33(17-18)21(4)34)20(3)32(37-29)12-10-25-26-8-7-23-14-24(36-22(5)35)9-11-31(23,6)28(26)15-27(25)19(2)16-32;1-16-11-25-26(29-15-16)18(3)28(31-25)10-8-21-22-6-5-19-12-20(30)7-9-27(19,4)24(22)13-23(21)17(2)14-28/h7,18,20,24-26,28-30H,8-17H2,1-6H3;5,16,18,20-22,24-26,29-30H,6-15H2,1-4H3/t18-,20+,24-,25-,26-,28-,29+,30-,31-,32-;16-,18+,20-,21-,22-,24-,25?,26-,27-,28-/m00/s1. The van der Waals surface area contributed by atoms with Gasteiger partial charge in [-0.15, -0.1) is 0 Å². The van der Waals surface area contributed by atoms with E-state index in [-0.39, 0.29) is 52.8 Å². The number of ether oxygens (including phenoxy) is 3. The van der Waals surface area contributed by atoms with Gasteiger partial charge < -0.3 is 29.5 Å². The number of carbonyl (C=O) groups excluding carboxylic acids is 2. The Morgan fingerprint density at radius 2 is 1.28 bits per heavy atom. The zero-order chi connectivity index (χ0) is 47.8. The predicted molar refractivity (Wildman–Crippen MR) is 268 cm³/mol. The summed E-state index contributed by atoms with van der Waals surface area (Å²) in [7, 11) is 0. The number of hydrogen-bond donors (Lipinski definition) is 2. The Bertz CT molecular complexity index is 2160. The Balaban J connectivity index is 0.000000151. The van der Waals surface area contributed by atoms with E-state index in [9.17, 15) is 14.7 Å². The summed E-state index contributed by atoms with van der Waals surface area (Å²) in [6, 6.07) is 0.774. The van der Waals surface area contributed by atoms with Crippen molar-refractivity contribution in [3.63, 3.8) is 0 Å². The second kappa shape index (κ2) is 17.5. The van der Waals surface area contributed by atoms with Crippen LogP contribution in [0.3, 0.4) is 0 Å². The molecule has 2 N–H and O–H groups in total.